The van der Waals surface area contributed by atoms with Gasteiger partial charge in [-0.3, -0.25) is 9.36 Å². The second kappa shape index (κ2) is 7.99. The van der Waals surface area contributed by atoms with Crippen LogP contribution in [0.3, 0.4) is 0 Å². The van der Waals surface area contributed by atoms with Gasteiger partial charge >= 0.3 is 0 Å². The van der Waals surface area contributed by atoms with Gasteiger partial charge in [0, 0.05) is 27.8 Å². The third-order valence-corrected chi connectivity index (χ3v) is 6.99. The van der Waals surface area contributed by atoms with Crippen molar-refractivity contribution < 1.29 is 0 Å². The molecular formula is C21H15Br2Cl2N5O. The molecule has 1 fully saturated rings. The van der Waals surface area contributed by atoms with Gasteiger partial charge in [0.15, 0.2) is 11.6 Å². The van der Waals surface area contributed by atoms with E-state index in [0.29, 0.717) is 53.3 Å². The molecule has 3 aromatic heterocycles. The lowest BCUT2D eigenvalue weighted by Crippen LogP contribution is -2.28. The van der Waals surface area contributed by atoms with E-state index in [0.717, 1.165) is 12.8 Å². The summed E-state index contributed by atoms with van der Waals surface area (Å²) in [5.41, 5.74) is 1.01. The zero-order valence-electron chi connectivity index (χ0n) is 16.2. The molecule has 0 N–H and O–H groups in total. The van der Waals surface area contributed by atoms with Gasteiger partial charge < -0.3 is 0 Å². The molecule has 10 heteroatoms. The van der Waals surface area contributed by atoms with E-state index < -0.39 is 0 Å². The van der Waals surface area contributed by atoms with Crippen molar-refractivity contribution in [1.82, 2.24) is 24.3 Å². The Labute approximate surface area is 204 Å². The average Bonchev–Trinajstić information content (AvgIpc) is 3.50. The minimum absolute atomic E-state index is 0.0292. The first-order valence-electron chi connectivity index (χ1n) is 9.63. The standard InChI is InChI=1S/C21H15Br2Cl2N5O/c1-10(11-4-5-11)29-20(27-18-13(21(29)31)7-12(24)8-14(18)22)16-9-17(23)28-30(16)19-15(25)3-2-6-26-19/h2-3,6-11H,4-5H2,1H3. The van der Waals surface area contributed by atoms with E-state index in [1.807, 2.05) is 6.07 Å². The number of hydrogen-bond acceptors (Lipinski definition) is 4. The maximum absolute atomic E-state index is 13.7. The fourth-order valence-electron chi connectivity index (χ4n) is 3.78. The van der Waals surface area contributed by atoms with Crippen LogP contribution in [-0.2, 0) is 0 Å². The normalized spacial score (nSPS) is 14.9. The summed E-state index contributed by atoms with van der Waals surface area (Å²) in [7, 11) is 0. The zero-order valence-corrected chi connectivity index (χ0v) is 20.9. The molecule has 0 amide bonds. The molecule has 31 heavy (non-hydrogen) atoms. The van der Waals surface area contributed by atoms with Crippen LogP contribution < -0.4 is 5.56 Å². The second-order valence-electron chi connectivity index (χ2n) is 7.55. The molecule has 4 aromatic rings. The minimum atomic E-state index is -0.140. The predicted molar refractivity (Wildman–Crippen MR) is 129 cm³/mol. The number of aromatic nitrogens is 5. The molecule has 1 aliphatic carbocycles. The molecule has 1 aromatic carbocycles. The summed E-state index contributed by atoms with van der Waals surface area (Å²) < 4.78 is 4.60. The Bertz CT molecular complexity index is 1400. The number of nitrogens with zero attached hydrogens (tertiary/aromatic N) is 5. The smallest absolute Gasteiger partial charge is 0.262 e. The van der Waals surface area contributed by atoms with Crippen molar-refractivity contribution in [2.45, 2.75) is 25.8 Å². The van der Waals surface area contributed by atoms with Crippen molar-refractivity contribution >= 4 is 66.0 Å². The third kappa shape index (κ3) is 3.73. The van der Waals surface area contributed by atoms with Crippen LogP contribution in [0.4, 0.5) is 0 Å². The molecule has 1 aliphatic rings. The van der Waals surface area contributed by atoms with Crippen LogP contribution in [0.2, 0.25) is 10.0 Å². The number of fused-ring (bicyclic) bond motifs is 1. The SMILES string of the molecule is CC(C1CC1)n1c(-c2cc(Br)nn2-c2ncccc2Cl)nc2c(Br)cc(Cl)cc2c1=O. The molecule has 0 bridgehead atoms. The first-order chi connectivity index (χ1) is 14.8. The summed E-state index contributed by atoms with van der Waals surface area (Å²) >= 11 is 19.6. The van der Waals surface area contributed by atoms with Crippen molar-refractivity contribution in [2.24, 2.45) is 5.92 Å². The van der Waals surface area contributed by atoms with Crippen molar-refractivity contribution in [3.63, 3.8) is 0 Å². The van der Waals surface area contributed by atoms with Crippen LogP contribution in [0.15, 0.2) is 50.4 Å². The topological polar surface area (TPSA) is 65.6 Å². The highest BCUT2D eigenvalue weighted by Crippen LogP contribution is 2.41. The zero-order chi connectivity index (χ0) is 21.9. The van der Waals surface area contributed by atoms with Crippen molar-refractivity contribution in [1.29, 1.82) is 0 Å². The summed E-state index contributed by atoms with van der Waals surface area (Å²) in [4.78, 5) is 23.0. The Morgan fingerprint density at radius 3 is 2.68 bits per heavy atom. The quantitative estimate of drug-likeness (QED) is 0.277. The lowest BCUT2D eigenvalue weighted by Gasteiger charge is -2.20. The van der Waals surface area contributed by atoms with E-state index in [1.165, 1.54) is 0 Å². The molecule has 1 atom stereocenters. The van der Waals surface area contributed by atoms with Crippen molar-refractivity contribution in [2.75, 3.05) is 0 Å². The Kier molecular flexibility index (Phi) is 5.45. The van der Waals surface area contributed by atoms with Crippen molar-refractivity contribution in [3.8, 4) is 17.3 Å². The van der Waals surface area contributed by atoms with Gasteiger partial charge in [-0.2, -0.15) is 5.10 Å². The molecule has 158 valence electrons. The fourth-order valence-corrected chi connectivity index (χ4v) is 5.26. The first kappa shape index (κ1) is 21.1. The van der Waals surface area contributed by atoms with Crippen LogP contribution >= 0.6 is 55.1 Å². The number of hydrogen-bond donors (Lipinski definition) is 0. The van der Waals surface area contributed by atoms with Gasteiger partial charge in [0.25, 0.3) is 5.56 Å². The van der Waals surface area contributed by atoms with Gasteiger partial charge in [0.2, 0.25) is 0 Å². The van der Waals surface area contributed by atoms with E-state index in [2.05, 4.69) is 48.9 Å². The number of halogens is 4. The Morgan fingerprint density at radius 2 is 1.97 bits per heavy atom. The molecule has 0 aliphatic heterocycles. The molecule has 3 heterocycles. The first-order valence-corrected chi connectivity index (χ1v) is 12.0. The predicted octanol–water partition coefficient (Wildman–Crippen LogP) is 6.45. The summed E-state index contributed by atoms with van der Waals surface area (Å²) in [5, 5.41) is 5.91. The van der Waals surface area contributed by atoms with Gasteiger partial charge in [0.1, 0.15) is 10.3 Å². The minimum Gasteiger partial charge on any atom is -0.288 e. The summed E-state index contributed by atoms with van der Waals surface area (Å²) in [6, 6.07) is 8.69. The third-order valence-electron chi connectivity index (χ3n) is 5.48. The largest absolute Gasteiger partial charge is 0.288 e. The van der Waals surface area contributed by atoms with Gasteiger partial charge in [-0.1, -0.05) is 23.2 Å². The van der Waals surface area contributed by atoms with Crippen LogP contribution in [0.5, 0.6) is 0 Å². The van der Waals surface area contributed by atoms with Gasteiger partial charge in [-0.05, 0) is 81.8 Å². The number of benzene rings is 1. The van der Waals surface area contributed by atoms with Gasteiger partial charge in [-0.15, -0.1) is 0 Å². The molecule has 6 nitrogen and oxygen atoms in total. The van der Waals surface area contributed by atoms with E-state index in [-0.39, 0.29) is 11.6 Å². The second-order valence-corrected chi connectivity index (χ2v) is 10.1. The van der Waals surface area contributed by atoms with Crippen molar-refractivity contribution in [3.05, 3.63) is 66.0 Å². The van der Waals surface area contributed by atoms with Crippen LogP contribution in [0.1, 0.15) is 25.8 Å². The average molecular weight is 584 g/mol. The summed E-state index contributed by atoms with van der Waals surface area (Å²) in [6.45, 7) is 2.05. The molecule has 0 radical (unpaired) electrons. The number of pyridine rings is 1. The Morgan fingerprint density at radius 1 is 1.19 bits per heavy atom. The molecular weight excluding hydrogens is 569 g/mol. The van der Waals surface area contributed by atoms with Gasteiger partial charge in [0.05, 0.1) is 15.9 Å². The maximum Gasteiger partial charge on any atom is 0.262 e. The molecule has 1 unspecified atom stereocenters. The van der Waals surface area contributed by atoms with E-state index in [9.17, 15) is 4.79 Å². The molecule has 5 rings (SSSR count). The van der Waals surface area contributed by atoms with Crippen LogP contribution in [0, 0.1) is 5.92 Å². The highest BCUT2D eigenvalue weighted by atomic mass is 79.9. The van der Waals surface area contributed by atoms with Crippen LogP contribution in [0.25, 0.3) is 28.2 Å². The molecule has 1 saturated carbocycles. The lowest BCUT2D eigenvalue weighted by atomic mass is 10.1. The van der Waals surface area contributed by atoms with E-state index >= 15 is 0 Å². The monoisotopic (exact) mass is 581 g/mol. The maximum atomic E-state index is 13.7. The fraction of sp³-hybridized carbons (Fsp3) is 0.238. The lowest BCUT2D eigenvalue weighted by molar-refractivity contribution is 0.473. The van der Waals surface area contributed by atoms with E-state index in [4.69, 9.17) is 28.2 Å². The number of rotatable bonds is 4. The van der Waals surface area contributed by atoms with E-state index in [1.54, 1.807) is 39.7 Å². The highest BCUT2D eigenvalue weighted by Gasteiger charge is 2.33. The summed E-state index contributed by atoms with van der Waals surface area (Å²) in [5.74, 6) is 1.39. The van der Waals surface area contributed by atoms with Gasteiger partial charge in [-0.25, -0.2) is 14.6 Å². The Hall–Kier alpha value is -1.74. The summed E-state index contributed by atoms with van der Waals surface area (Å²) in [6.07, 6.45) is 3.81. The van der Waals surface area contributed by atoms with Crippen LogP contribution in [-0.4, -0.2) is 24.3 Å². The highest BCUT2D eigenvalue weighted by molar-refractivity contribution is 9.10. The molecule has 0 spiro atoms. The molecule has 0 saturated heterocycles. The Balaban J connectivity index is 1.87.